The van der Waals surface area contributed by atoms with Crippen LogP contribution >= 0.6 is 0 Å². The van der Waals surface area contributed by atoms with Gasteiger partial charge in [-0.05, 0) is 42.9 Å². The van der Waals surface area contributed by atoms with Gasteiger partial charge in [0.1, 0.15) is 23.9 Å². The van der Waals surface area contributed by atoms with Gasteiger partial charge in [-0.15, -0.1) is 0 Å². The van der Waals surface area contributed by atoms with Crippen LogP contribution in [0.25, 0.3) is 0 Å². The molecule has 2 rings (SSSR count). The Morgan fingerprint density at radius 1 is 0.905 bits per heavy atom. The number of nitrogens with zero attached hydrogens (tertiary/aromatic N) is 2. The van der Waals surface area contributed by atoms with Crippen molar-refractivity contribution < 1.29 is 32.3 Å². The zero-order valence-electron chi connectivity index (χ0n) is 25.8. The van der Waals surface area contributed by atoms with Gasteiger partial charge in [-0.2, -0.15) is 17.0 Å². The van der Waals surface area contributed by atoms with Crippen LogP contribution in [0.1, 0.15) is 46.6 Å². The van der Waals surface area contributed by atoms with E-state index in [4.69, 9.17) is 4.74 Å². The number of hydrogen-bond acceptors (Lipinski definition) is 7. The first kappa shape index (κ1) is 35.0. The number of benzene rings is 1. The molecule has 1 aromatic rings. The van der Waals surface area contributed by atoms with Crippen molar-refractivity contribution in [3.63, 3.8) is 0 Å². The van der Waals surface area contributed by atoms with Gasteiger partial charge >= 0.3 is 0 Å². The summed E-state index contributed by atoms with van der Waals surface area (Å²) in [6.07, 6.45) is 0.363. The summed E-state index contributed by atoms with van der Waals surface area (Å²) in [7, 11) is 0.157. The van der Waals surface area contributed by atoms with Crippen LogP contribution in [-0.2, 0) is 35.8 Å². The van der Waals surface area contributed by atoms with E-state index in [1.54, 1.807) is 24.3 Å². The van der Waals surface area contributed by atoms with Gasteiger partial charge in [0.05, 0.1) is 13.7 Å². The lowest BCUT2D eigenvalue weighted by Crippen LogP contribution is -2.57. The number of nitrogens with one attached hydrogen (secondary N) is 4. The molecular weight excluding hydrogens is 564 g/mol. The summed E-state index contributed by atoms with van der Waals surface area (Å²) in [5.74, 6) is -1.99. The number of ether oxygens (including phenoxy) is 1. The summed E-state index contributed by atoms with van der Waals surface area (Å²) in [5.41, 5.74) is 0.736. The summed E-state index contributed by atoms with van der Waals surface area (Å²) in [5, 5.41) is 10.9. The molecule has 1 fully saturated rings. The van der Waals surface area contributed by atoms with Crippen LogP contribution in [0.5, 0.6) is 5.75 Å². The highest BCUT2D eigenvalue weighted by atomic mass is 32.2. The summed E-state index contributed by atoms with van der Waals surface area (Å²) >= 11 is 0. The van der Waals surface area contributed by atoms with Crippen molar-refractivity contribution in [1.82, 2.24) is 29.9 Å². The Hall–Kier alpha value is -3.23. The first-order valence-electron chi connectivity index (χ1n) is 14.1. The van der Waals surface area contributed by atoms with Crippen molar-refractivity contribution in [3.8, 4) is 5.75 Å². The molecule has 1 aromatic carbocycles. The average Bonchev–Trinajstić information content (AvgIpc) is 2.90. The topological polar surface area (TPSA) is 166 Å². The molecule has 236 valence electrons. The molecule has 1 heterocycles. The minimum Gasteiger partial charge on any atom is -0.497 e. The van der Waals surface area contributed by atoms with Crippen molar-refractivity contribution in [2.45, 2.75) is 71.6 Å². The minimum absolute atomic E-state index is 0.00854. The second-order valence-corrected chi connectivity index (χ2v) is 13.7. The normalized spacial score (nSPS) is 24.0. The van der Waals surface area contributed by atoms with E-state index < -0.39 is 64.6 Å². The molecule has 0 aromatic heterocycles. The van der Waals surface area contributed by atoms with Crippen LogP contribution in [-0.4, -0.2) is 99.1 Å². The third-order valence-corrected chi connectivity index (χ3v) is 8.84. The molecule has 1 aliphatic heterocycles. The van der Waals surface area contributed by atoms with Crippen LogP contribution in [0.3, 0.4) is 0 Å². The maximum Gasteiger partial charge on any atom is 0.282 e. The maximum atomic E-state index is 13.5. The molecule has 14 heteroatoms. The molecule has 42 heavy (non-hydrogen) atoms. The third kappa shape index (κ3) is 9.95. The Labute approximate surface area is 249 Å². The van der Waals surface area contributed by atoms with E-state index in [-0.39, 0.29) is 31.2 Å². The maximum absolute atomic E-state index is 13.5. The standard InChI is InChI=1S/C28H46N6O7S/c1-17(2)13-22-28(38)31-23(14-20-9-11-21(41-8)12-10-20)27(37)29-19(5)26(36)32-24(18(3)4)15-34(16-25(35)30-22)42(39,40)33(6)7/h9-12,17-19,22-24H,13-16H2,1-8H3,(H,29,37)(H,30,35)(H,31,38)(H,32,36)/t19-,22+,23+,24-/m1/s1. The van der Waals surface area contributed by atoms with Gasteiger partial charge in [-0.3, -0.25) is 19.2 Å². The lowest BCUT2D eigenvalue weighted by molar-refractivity contribution is -0.133. The molecule has 0 spiro atoms. The molecule has 4 amide bonds. The minimum atomic E-state index is -4.08. The van der Waals surface area contributed by atoms with E-state index in [0.29, 0.717) is 5.75 Å². The summed E-state index contributed by atoms with van der Waals surface area (Å²) < 4.78 is 33.5. The van der Waals surface area contributed by atoms with Crippen LogP contribution in [0.15, 0.2) is 24.3 Å². The molecule has 0 bridgehead atoms. The first-order valence-corrected chi connectivity index (χ1v) is 15.5. The van der Waals surface area contributed by atoms with Crippen LogP contribution in [0, 0.1) is 11.8 Å². The van der Waals surface area contributed by atoms with Crippen molar-refractivity contribution in [3.05, 3.63) is 29.8 Å². The molecule has 4 N–H and O–H groups in total. The molecule has 1 aliphatic rings. The van der Waals surface area contributed by atoms with Crippen LogP contribution in [0.2, 0.25) is 0 Å². The van der Waals surface area contributed by atoms with Crippen LogP contribution in [0.4, 0.5) is 0 Å². The molecule has 1 saturated heterocycles. The number of rotatable bonds is 8. The third-order valence-electron chi connectivity index (χ3n) is 6.98. The second-order valence-electron chi connectivity index (χ2n) is 11.5. The van der Waals surface area contributed by atoms with E-state index in [0.717, 1.165) is 14.2 Å². The number of methoxy groups -OCH3 is 1. The molecule has 4 atom stereocenters. The SMILES string of the molecule is COc1ccc(C[C@@H]2NC(=O)[C@H](CC(C)C)NC(=O)CN(S(=O)(=O)N(C)C)C[C@H](C(C)C)NC(=O)[C@@H](C)NC2=O)cc1. The summed E-state index contributed by atoms with van der Waals surface area (Å²) in [6.45, 7) is 8.14. The number of hydrogen-bond donors (Lipinski definition) is 4. The van der Waals surface area contributed by atoms with E-state index in [1.807, 2.05) is 27.7 Å². The van der Waals surface area contributed by atoms with Crippen molar-refractivity contribution >= 4 is 33.8 Å². The van der Waals surface area contributed by atoms with E-state index in [2.05, 4.69) is 21.3 Å². The highest BCUT2D eigenvalue weighted by Gasteiger charge is 2.35. The average molecular weight is 611 g/mol. The van der Waals surface area contributed by atoms with Gasteiger partial charge in [-0.1, -0.05) is 39.8 Å². The van der Waals surface area contributed by atoms with Gasteiger partial charge in [0.15, 0.2) is 0 Å². The lowest BCUT2D eigenvalue weighted by Gasteiger charge is -2.32. The largest absolute Gasteiger partial charge is 0.497 e. The first-order chi connectivity index (χ1) is 19.5. The van der Waals surface area contributed by atoms with E-state index in [1.165, 1.54) is 28.1 Å². The van der Waals surface area contributed by atoms with Crippen LogP contribution < -0.4 is 26.0 Å². The zero-order valence-corrected chi connectivity index (χ0v) is 26.6. The highest BCUT2D eigenvalue weighted by Crippen LogP contribution is 2.15. The molecule has 0 saturated carbocycles. The lowest BCUT2D eigenvalue weighted by atomic mass is 10.0. The van der Waals surface area contributed by atoms with Gasteiger partial charge < -0.3 is 26.0 Å². The fourth-order valence-electron chi connectivity index (χ4n) is 4.38. The van der Waals surface area contributed by atoms with E-state index >= 15 is 0 Å². The van der Waals surface area contributed by atoms with Gasteiger partial charge in [-0.25, -0.2) is 0 Å². The predicted molar refractivity (Wildman–Crippen MR) is 159 cm³/mol. The predicted octanol–water partition coefficient (Wildman–Crippen LogP) is 0.0209. The quantitative estimate of drug-likeness (QED) is 0.322. The molecule has 0 unspecified atom stereocenters. The van der Waals surface area contributed by atoms with Crippen molar-refractivity contribution in [2.24, 2.45) is 11.8 Å². The Kier molecular flexibility index (Phi) is 12.7. The Bertz CT molecular complexity index is 1200. The second kappa shape index (κ2) is 15.3. The smallest absolute Gasteiger partial charge is 0.282 e. The fraction of sp³-hybridized carbons (Fsp3) is 0.643. The Morgan fingerprint density at radius 2 is 1.50 bits per heavy atom. The number of carbonyl (C=O) groups is 4. The summed E-state index contributed by atoms with van der Waals surface area (Å²) in [4.78, 5) is 53.3. The monoisotopic (exact) mass is 610 g/mol. The number of carbonyl (C=O) groups excluding carboxylic acids is 4. The Morgan fingerprint density at radius 3 is 2.02 bits per heavy atom. The van der Waals surface area contributed by atoms with Gasteiger partial charge in [0, 0.05) is 33.1 Å². The zero-order chi connectivity index (χ0) is 31.8. The number of amides is 4. The fourth-order valence-corrected chi connectivity index (χ4v) is 5.47. The van der Waals surface area contributed by atoms with Gasteiger partial charge in [0.25, 0.3) is 10.2 Å². The van der Waals surface area contributed by atoms with Crippen molar-refractivity contribution in [1.29, 1.82) is 0 Å². The Balaban J connectivity index is 2.52. The summed E-state index contributed by atoms with van der Waals surface area (Å²) in [6, 6.07) is 3.24. The van der Waals surface area contributed by atoms with Crippen molar-refractivity contribution in [2.75, 3.05) is 34.3 Å². The van der Waals surface area contributed by atoms with Gasteiger partial charge in [0.2, 0.25) is 23.6 Å². The van der Waals surface area contributed by atoms with E-state index in [9.17, 15) is 27.6 Å². The highest BCUT2D eigenvalue weighted by molar-refractivity contribution is 7.86. The molecule has 13 nitrogen and oxygen atoms in total. The molecule has 0 radical (unpaired) electrons. The molecular formula is C28H46N6O7S. The molecule has 0 aliphatic carbocycles.